The number of carbonyl (C=O) groups is 1. The smallest absolute Gasteiger partial charge is 0.482 e. The molecular weight excluding hydrogens is 469 g/mol. The van der Waals surface area contributed by atoms with Crippen molar-refractivity contribution in [2.75, 3.05) is 13.2 Å². The van der Waals surface area contributed by atoms with Gasteiger partial charge in [-0.1, -0.05) is 63.2 Å². The third kappa shape index (κ3) is 8.04. The SMILES string of the molecule is CCOC(=O)COc1ccc(-c2ccc(OC(F)(F)F)cc2)cc1CCc1ccc(C(C)(C)C)cc1. The summed E-state index contributed by atoms with van der Waals surface area (Å²) in [5.41, 5.74) is 4.92. The third-order valence-electron chi connectivity index (χ3n) is 5.64. The number of alkyl halides is 3. The van der Waals surface area contributed by atoms with Gasteiger partial charge in [-0.15, -0.1) is 13.2 Å². The summed E-state index contributed by atoms with van der Waals surface area (Å²) >= 11 is 0. The molecule has 0 saturated heterocycles. The van der Waals surface area contributed by atoms with E-state index in [2.05, 4.69) is 49.8 Å². The molecule has 7 heteroatoms. The van der Waals surface area contributed by atoms with Crippen molar-refractivity contribution in [3.05, 3.63) is 83.4 Å². The molecule has 0 bridgehead atoms. The third-order valence-corrected chi connectivity index (χ3v) is 5.64. The van der Waals surface area contributed by atoms with Gasteiger partial charge < -0.3 is 14.2 Å². The largest absolute Gasteiger partial charge is 0.573 e. The molecule has 192 valence electrons. The lowest BCUT2D eigenvalue weighted by Crippen LogP contribution is -2.16. The molecule has 0 saturated carbocycles. The number of rotatable bonds is 9. The van der Waals surface area contributed by atoms with Crippen molar-refractivity contribution in [1.29, 1.82) is 0 Å². The van der Waals surface area contributed by atoms with Gasteiger partial charge in [0.1, 0.15) is 11.5 Å². The Bertz CT molecular complexity index is 1150. The lowest BCUT2D eigenvalue weighted by molar-refractivity contribution is -0.274. The van der Waals surface area contributed by atoms with Gasteiger partial charge in [0.15, 0.2) is 6.61 Å². The Morgan fingerprint density at radius 1 is 0.833 bits per heavy atom. The molecule has 3 aromatic rings. The monoisotopic (exact) mass is 500 g/mol. The number of esters is 1. The Hall–Kier alpha value is -3.48. The Kier molecular flexibility index (Phi) is 8.66. The second kappa shape index (κ2) is 11.5. The van der Waals surface area contributed by atoms with Crippen molar-refractivity contribution < 1.29 is 32.2 Å². The van der Waals surface area contributed by atoms with Crippen molar-refractivity contribution in [1.82, 2.24) is 0 Å². The Balaban J connectivity index is 1.82. The van der Waals surface area contributed by atoms with Crippen LogP contribution < -0.4 is 9.47 Å². The number of halogens is 3. The molecular formula is C29H31F3O4. The zero-order chi connectivity index (χ0) is 26.3. The van der Waals surface area contributed by atoms with E-state index in [1.165, 1.54) is 23.3 Å². The highest BCUT2D eigenvalue weighted by Gasteiger charge is 2.31. The molecule has 0 aliphatic rings. The van der Waals surface area contributed by atoms with E-state index < -0.39 is 12.3 Å². The quantitative estimate of drug-likeness (QED) is 0.290. The Morgan fingerprint density at radius 2 is 1.47 bits per heavy atom. The van der Waals surface area contributed by atoms with Gasteiger partial charge in [0.05, 0.1) is 6.61 Å². The molecule has 0 aromatic heterocycles. The summed E-state index contributed by atoms with van der Waals surface area (Å²) in [6.45, 7) is 8.30. The van der Waals surface area contributed by atoms with Gasteiger partial charge in [0.2, 0.25) is 0 Å². The van der Waals surface area contributed by atoms with Crippen LogP contribution in [0.3, 0.4) is 0 Å². The molecule has 0 atom stereocenters. The number of ether oxygens (including phenoxy) is 3. The first-order valence-electron chi connectivity index (χ1n) is 11.8. The highest BCUT2D eigenvalue weighted by molar-refractivity contribution is 5.71. The van der Waals surface area contributed by atoms with Crippen molar-refractivity contribution in [2.45, 2.75) is 52.3 Å². The maximum Gasteiger partial charge on any atom is 0.573 e. The lowest BCUT2D eigenvalue weighted by Gasteiger charge is -2.19. The first-order valence-corrected chi connectivity index (χ1v) is 11.8. The van der Waals surface area contributed by atoms with Crippen LogP contribution in [-0.4, -0.2) is 25.5 Å². The maximum absolute atomic E-state index is 12.5. The molecule has 0 aliphatic carbocycles. The zero-order valence-electron chi connectivity index (χ0n) is 20.9. The summed E-state index contributed by atoms with van der Waals surface area (Å²) < 4.78 is 52.1. The van der Waals surface area contributed by atoms with Crippen molar-refractivity contribution in [3.8, 4) is 22.6 Å². The van der Waals surface area contributed by atoms with Gasteiger partial charge in [-0.3, -0.25) is 0 Å². The summed E-state index contributed by atoms with van der Waals surface area (Å²) in [6, 6.07) is 19.7. The fraction of sp³-hybridized carbons (Fsp3) is 0.345. The predicted octanol–water partition coefficient (Wildman–Crippen LogP) is 7.28. The molecule has 4 nitrogen and oxygen atoms in total. The van der Waals surface area contributed by atoms with Gasteiger partial charge >= 0.3 is 12.3 Å². The first-order chi connectivity index (χ1) is 16.9. The summed E-state index contributed by atoms with van der Waals surface area (Å²) in [4.78, 5) is 11.8. The fourth-order valence-electron chi connectivity index (χ4n) is 3.73. The van der Waals surface area contributed by atoms with Crippen molar-refractivity contribution in [3.63, 3.8) is 0 Å². The van der Waals surface area contributed by atoms with E-state index in [9.17, 15) is 18.0 Å². The maximum atomic E-state index is 12.5. The van der Waals surface area contributed by atoms with Crippen LogP contribution in [0.15, 0.2) is 66.7 Å². The normalized spacial score (nSPS) is 11.8. The molecule has 0 fully saturated rings. The Labute approximate surface area is 210 Å². The molecule has 0 aliphatic heterocycles. The highest BCUT2D eigenvalue weighted by atomic mass is 19.4. The van der Waals surface area contributed by atoms with Gasteiger partial charge in [0, 0.05) is 0 Å². The minimum Gasteiger partial charge on any atom is -0.482 e. The molecule has 0 N–H and O–H groups in total. The Morgan fingerprint density at radius 3 is 2.06 bits per heavy atom. The van der Waals surface area contributed by atoms with Gasteiger partial charge in [0.25, 0.3) is 0 Å². The van der Waals surface area contributed by atoms with Gasteiger partial charge in [-0.25, -0.2) is 4.79 Å². The van der Waals surface area contributed by atoms with Gasteiger partial charge in [-0.2, -0.15) is 0 Å². The van der Waals surface area contributed by atoms with E-state index in [-0.39, 0.29) is 24.4 Å². The molecule has 0 amide bonds. The number of aryl methyl sites for hydroxylation is 2. The molecule has 0 unspecified atom stereocenters. The number of hydrogen-bond donors (Lipinski definition) is 0. The number of carbonyl (C=O) groups excluding carboxylic acids is 1. The lowest BCUT2D eigenvalue weighted by atomic mass is 9.86. The van der Waals surface area contributed by atoms with E-state index in [4.69, 9.17) is 9.47 Å². The average molecular weight is 501 g/mol. The summed E-state index contributed by atoms with van der Waals surface area (Å²) in [6.07, 6.45) is -3.34. The van der Waals surface area contributed by atoms with E-state index in [0.29, 0.717) is 12.2 Å². The zero-order valence-corrected chi connectivity index (χ0v) is 20.9. The summed E-state index contributed by atoms with van der Waals surface area (Å²) in [7, 11) is 0. The van der Waals surface area contributed by atoms with Crippen LogP contribution in [-0.2, 0) is 27.8 Å². The number of hydrogen-bond acceptors (Lipinski definition) is 4. The molecule has 3 rings (SSSR count). The molecule has 3 aromatic carbocycles. The number of benzene rings is 3. The van der Waals surface area contributed by atoms with E-state index in [1.54, 1.807) is 25.1 Å². The van der Waals surface area contributed by atoms with Gasteiger partial charge in [-0.05, 0) is 77.3 Å². The van der Waals surface area contributed by atoms with Crippen LogP contribution in [0.5, 0.6) is 11.5 Å². The first kappa shape index (κ1) is 27.1. The molecule has 0 spiro atoms. The van der Waals surface area contributed by atoms with Crippen molar-refractivity contribution in [2.24, 2.45) is 0 Å². The summed E-state index contributed by atoms with van der Waals surface area (Å²) in [5.74, 6) is -0.166. The van der Waals surface area contributed by atoms with Crippen LogP contribution in [0.2, 0.25) is 0 Å². The predicted molar refractivity (Wildman–Crippen MR) is 133 cm³/mol. The van der Waals surface area contributed by atoms with Crippen LogP contribution in [0.1, 0.15) is 44.4 Å². The average Bonchev–Trinajstić information content (AvgIpc) is 2.81. The fourth-order valence-corrected chi connectivity index (χ4v) is 3.73. The van der Waals surface area contributed by atoms with Crippen LogP contribution in [0.25, 0.3) is 11.1 Å². The highest BCUT2D eigenvalue weighted by Crippen LogP contribution is 2.31. The second-order valence-electron chi connectivity index (χ2n) is 9.44. The minimum atomic E-state index is -4.74. The second-order valence-corrected chi connectivity index (χ2v) is 9.44. The van der Waals surface area contributed by atoms with Crippen LogP contribution >= 0.6 is 0 Å². The van der Waals surface area contributed by atoms with Crippen molar-refractivity contribution >= 4 is 5.97 Å². The van der Waals surface area contributed by atoms with E-state index in [0.717, 1.165) is 23.1 Å². The topological polar surface area (TPSA) is 44.8 Å². The van der Waals surface area contributed by atoms with E-state index in [1.807, 2.05) is 12.1 Å². The molecule has 0 radical (unpaired) electrons. The van der Waals surface area contributed by atoms with Crippen LogP contribution in [0.4, 0.5) is 13.2 Å². The summed E-state index contributed by atoms with van der Waals surface area (Å²) in [5, 5.41) is 0. The molecule has 36 heavy (non-hydrogen) atoms. The van der Waals surface area contributed by atoms with Crippen LogP contribution in [0, 0.1) is 0 Å². The van der Waals surface area contributed by atoms with E-state index >= 15 is 0 Å². The standard InChI is InChI=1S/C29H31F3O4/c1-5-34-27(33)19-35-26-17-12-22(21-10-15-25(16-11-21)36-29(30,31)32)18-23(26)9-6-20-7-13-24(14-8-20)28(2,3)4/h7-8,10-18H,5-6,9,19H2,1-4H3. The molecule has 0 heterocycles. The minimum absolute atomic E-state index is 0.0711.